The van der Waals surface area contributed by atoms with E-state index in [1.165, 1.54) is 24.0 Å². The number of phenols is 1. The Hall–Kier alpha value is -1.02. The zero-order valence-corrected chi connectivity index (χ0v) is 8.83. The maximum Gasteiger partial charge on any atom is 0.115 e. The molecular weight excluding hydrogens is 174 g/mol. The van der Waals surface area contributed by atoms with Crippen LogP contribution in [0.15, 0.2) is 18.2 Å². The predicted octanol–water partition coefficient (Wildman–Crippen LogP) is 2.33. The van der Waals surface area contributed by atoms with Crippen LogP contribution in [0.4, 0.5) is 0 Å². The number of rotatable bonds is 1. The van der Waals surface area contributed by atoms with Crippen molar-refractivity contribution < 1.29 is 5.11 Å². The van der Waals surface area contributed by atoms with Crippen molar-refractivity contribution in [3.05, 3.63) is 29.3 Å². The van der Waals surface area contributed by atoms with E-state index in [2.05, 4.69) is 25.1 Å². The molecule has 1 aromatic rings. The van der Waals surface area contributed by atoms with Crippen molar-refractivity contribution in [3.8, 4) is 5.75 Å². The Morgan fingerprint density at radius 2 is 2.14 bits per heavy atom. The quantitative estimate of drug-likeness (QED) is 0.736. The second-order valence-corrected chi connectivity index (χ2v) is 4.25. The molecular formula is C12H17NO. The number of phenolic OH excluding ortho intramolecular Hbond substituents is 1. The Labute approximate surface area is 85.2 Å². The summed E-state index contributed by atoms with van der Waals surface area (Å²) in [5.74, 6) is 0.387. The summed E-state index contributed by atoms with van der Waals surface area (Å²) < 4.78 is 0. The minimum absolute atomic E-state index is 0.387. The molecule has 0 spiro atoms. The Bertz CT molecular complexity index is 333. The highest BCUT2D eigenvalue weighted by Gasteiger charge is 2.21. The summed E-state index contributed by atoms with van der Waals surface area (Å²) in [4.78, 5) is 2.23. The smallest absolute Gasteiger partial charge is 0.115 e. The second kappa shape index (κ2) is 3.62. The topological polar surface area (TPSA) is 23.5 Å². The predicted molar refractivity (Wildman–Crippen MR) is 57.5 cm³/mol. The molecule has 0 aliphatic heterocycles. The maximum atomic E-state index is 9.47. The van der Waals surface area contributed by atoms with Gasteiger partial charge in [-0.15, -0.1) is 0 Å². The standard InChI is InChI=1S/C12H17NO/c1-13(2)12-5-3-4-9-6-7-10(14)8-11(9)12/h6-8,12,14H,3-5H2,1-2H3. The average molecular weight is 191 g/mol. The fourth-order valence-electron chi connectivity index (χ4n) is 2.30. The van der Waals surface area contributed by atoms with E-state index in [1.807, 2.05) is 6.07 Å². The van der Waals surface area contributed by atoms with Gasteiger partial charge in [-0.25, -0.2) is 0 Å². The molecule has 1 atom stereocenters. The van der Waals surface area contributed by atoms with Crippen LogP contribution in [0.1, 0.15) is 30.0 Å². The van der Waals surface area contributed by atoms with Gasteiger partial charge in [0.25, 0.3) is 0 Å². The minimum atomic E-state index is 0.387. The van der Waals surface area contributed by atoms with Crippen molar-refractivity contribution in [3.63, 3.8) is 0 Å². The highest BCUT2D eigenvalue weighted by Crippen LogP contribution is 2.34. The van der Waals surface area contributed by atoms with E-state index in [0.717, 1.165) is 6.42 Å². The van der Waals surface area contributed by atoms with Crippen molar-refractivity contribution in [1.29, 1.82) is 0 Å². The number of aryl methyl sites for hydroxylation is 1. The van der Waals surface area contributed by atoms with Crippen LogP contribution in [0.25, 0.3) is 0 Å². The van der Waals surface area contributed by atoms with Gasteiger partial charge >= 0.3 is 0 Å². The van der Waals surface area contributed by atoms with Crippen molar-refractivity contribution in [1.82, 2.24) is 4.90 Å². The van der Waals surface area contributed by atoms with Crippen molar-refractivity contribution in [2.75, 3.05) is 14.1 Å². The van der Waals surface area contributed by atoms with E-state index < -0.39 is 0 Å². The van der Waals surface area contributed by atoms with Crippen molar-refractivity contribution >= 4 is 0 Å². The molecule has 2 rings (SSSR count). The first-order valence-electron chi connectivity index (χ1n) is 5.16. The molecule has 1 aromatic carbocycles. The lowest BCUT2D eigenvalue weighted by atomic mass is 9.87. The molecule has 1 unspecified atom stereocenters. The lowest BCUT2D eigenvalue weighted by molar-refractivity contribution is 0.267. The fraction of sp³-hybridized carbons (Fsp3) is 0.500. The summed E-state index contributed by atoms with van der Waals surface area (Å²) in [7, 11) is 4.20. The normalized spacial score (nSPS) is 20.9. The number of benzene rings is 1. The summed E-state index contributed by atoms with van der Waals surface area (Å²) in [5, 5.41) is 9.47. The van der Waals surface area contributed by atoms with Gasteiger partial charge in [-0.05, 0) is 56.6 Å². The van der Waals surface area contributed by atoms with Crippen molar-refractivity contribution in [2.45, 2.75) is 25.3 Å². The summed E-state index contributed by atoms with van der Waals surface area (Å²) in [6.45, 7) is 0. The second-order valence-electron chi connectivity index (χ2n) is 4.25. The van der Waals surface area contributed by atoms with E-state index in [0.29, 0.717) is 11.8 Å². The van der Waals surface area contributed by atoms with Crippen LogP contribution in [0.2, 0.25) is 0 Å². The average Bonchev–Trinajstić information content (AvgIpc) is 2.16. The lowest BCUT2D eigenvalue weighted by Crippen LogP contribution is -2.23. The van der Waals surface area contributed by atoms with Crippen molar-refractivity contribution in [2.24, 2.45) is 0 Å². The van der Waals surface area contributed by atoms with E-state index in [-0.39, 0.29) is 0 Å². The number of fused-ring (bicyclic) bond motifs is 1. The monoisotopic (exact) mass is 191 g/mol. The largest absolute Gasteiger partial charge is 0.508 e. The Kier molecular flexibility index (Phi) is 2.46. The van der Waals surface area contributed by atoms with Crippen LogP contribution in [-0.2, 0) is 6.42 Å². The molecule has 2 nitrogen and oxygen atoms in total. The van der Waals surface area contributed by atoms with Gasteiger partial charge in [0.2, 0.25) is 0 Å². The van der Waals surface area contributed by atoms with Gasteiger partial charge in [-0.1, -0.05) is 6.07 Å². The summed E-state index contributed by atoms with van der Waals surface area (Å²) >= 11 is 0. The van der Waals surface area contributed by atoms with Gasteiger partial charge in [0.1, 0.15) is 5.75 Å². The van der Waals surface area contributed by atoms with Gasteiger partial charge in [-0.3, -0.25) is 0 Å². The summed E-state index contributed by atoms with van der Waals surface area (Å²) in [6, 6.07) is 6.24. The first-order valence-corrected chi connectivity index (χ1v) is 5.16. The van der Waals surface area contributed by atoms with Gasteiger partial charge < -0.3 is 10.0 Å². The molecule has 76 valence electrons. The Balaban J connectivity index is 2.41. The molecule has 0 bridgehead atoms. The molecule has 14 heavy (non-hydrogen) atoms. The number of aromatic hydroxyl groups is 1. The molecule has 1 N–H and O–H groups in total. The third kappa shape index (κ3) is 1.62. The molecule has 0 saturated carbocycles. The van der Waals surface area contributed by atoms with E-state index in [4.69, 9.17) is 0 Å². The maximum absolute atomic E-state index is 9.47. The van der Waals surface area contributed by atoms with Gasteiger partial charge in [0, 0.05) is 6.04 Å². The zero-order chi connectivity index (χ0) is 10.1. The van der Waals surface area contributed by atoms with Crippen LogP contribution in [0.3, 0.4) is 0 Å². The molecule has 0 heterocycles. The van der Waals surface area contributed by atoms with E-state index in [9.17, 15) is 5.11 Å². The van der Waals surface area contributed by atoms with Gasteiger partial charge in [0.05, 0.1) is 0 Å². The van der Waals surface area contributed by atoms with Gasteiger partial charge in [-0.2, -0.15) is 0 Å². The number of nitrogens with zero attached hydrogens (tertiary/aromatic N) is 1. The van der Waals surface area contributed by atoms with E-state index in [1.54, 1.807) is 6.07 Å². The molecule has 0 amide bonds. The molecule has 0 aromatic heterocycles. The van der Waals surface area contributed by atoms with Gasteiger partial charge in [0.15, 0.2) is 0 Å². The molecule has 0 saturated heterocycles. The number of hydrogen-bond acceptors (Lipinski definition) is 2. The van der Waals surface area contributed by atoms with Crippen LogP contribution in [0.5, 0.6) is 5.75 Å². The highest BCUT2D eigenvalue weighted by atomic mass is 16.3. The SMILES string of the molecule is CN(C)C1CCCc2ccc(O)cc21. The van der Waals surface area contributed by atoms with Crippen LogP contribution < -0.4 is 0 Å². The third-order valence-electron chi connectivity index (χ3n) is 3.04. The first-order chi connectivity index (χ1) is 6.68. The molecule has 0 fully saturated rings. The molecule has 2 heteroatoms. The van der Waals surface area contributed by atoms with Crippen LogP contribution in [-0.4, -0.2) is 24.1 Å². The lowest BCUT2D eigenvalue weighted by Gasteiger charge is -2.30. The molecule has 1 aliphatic carbocycles. The minimum Gasteiger partial charge on any atom is -0.508 e. The highest BCUT2D eigenvalue weighted by molar-refractivity contribution is 5.38. The zero-order valence-electron chi connectivity index (χ0n) is 8.83. The Morgan fingerprint density at radius 3 is 2.86 bits per heavy atom. The number of hydrogen-bond donors (Lipinski definition) is 1. The Morgan fingerprint density at radius 1 is 1.36 bits per heavy atom. The summed E-state index contributed by atoms with van der Waals surface area (Å²) in [5.41, 5.74) is 2.70. The third-order valence-corrected chi connectivity index (χ3v) is 3.04. The molecule has 1 aliphatic rings. The first kappa shape index (κ1) is 9.53. The van der Waals surface area contributed by atoms with Crippen LogP contribution in [0, 0.1) is 0 Å². The van der Waals surface area contributed by atoms with E-state index >= 15 is 0 Å². The van der Waals surface area contributed by atoms with Crippen LogP contribution >= 0.6 is 0 Å². The summed E-state index contributed by atoms with van der Waals surface area (Å²) in [6.07, 6.45) is 3.60. The molecule has 0 radical (unpaired) electrons. The fourth-order valence-corrected chi connectivity index (χ4v) is 2.30.